The second kappa shape index (κ2) is 5.61. The zero-order valence-electron chi connectivity index (χ0n) is 11.3. The zero-order valence-corrected chi connectivity index (χ0v) is 12.2. The van der Waals surface area contributed by atoms with Crippen molar-refractivity contribution in [2.45, 2.75) is 31.9 Å². The number of aromatic nitrogens is 2. The lowest BCUT2D eigenvalue weighted by atomic mass is 10.2. The Labute approximate surface area is 118 Å². The van der Waals surface area contributed by atoms with E-state index in [0.29, 0.717) is 0 Å². The molecule has 0 saturated heterocycles. The Morgan fingerprint density at radius 1 is 1.38 bits per heavy atom. The molecule has 2 heterocycles. The maximum absolute atomic E-state index is 11.6. The van der Waals surface area contributed by atoms with Crippen LogP contribution in [0.3, 0.4) is 0 Å². The molecule has 1 aromatic heterocycles. The predicted molar refractivity (Wildman–Crippen MR) is 71.9 cm³/mol. The van der Waals surface area contributed by atoms with Crippen LogP contribution in [0.25, 0.3) is 0 Å². The van der Waals surface area contributed by atoms with E-state index in [1.165, 1.54) is 25.3 Å². The van der Waals surface area contributed by atoms with Crippen LogP contribution in [0.4, 0.5) is 0 Å². The lowest BCUT2D eigenvalue weighted by Gasteiger charge is -2.30. The highest BCUT2D eigenvalue weighted by Gasteiger charge is 2.35. The number of aromatic amines is 1. The third-order valence-corrected chi connectivity index (χ3v) is 3.90. The lowest BCUT2D eigenvalue weighted by Crippen LogP contribution is -2.44. The standard InChI is InChI=1S/C11H15N2O7P/c1-6-5-13(11(15)12-10(6)14)20-8-3-4-9(19-7(8)2)21(16,17)18/h3-5,7-9H,1-2H3,(H,12,14,15)(H2,16,17,18)/t7-,8-,9+/m0/s1. The fraction of sp³-hybridized carbons (Fsp3) is 0.455. The summed E-state index contributed by atoms with van der Waals surface area (Å²) in [4.78, 5) is 48.4. The van der Waals surface area contributed by atoms with E-state index in [-0.39, 0.29) is 5.56 Å². The van der Waals surface area contributed by atoms with E-state index in [2.05, 4.69) is 4.98 Å². The van der Waals surface area contributed by atoms with Crippen molar-refractivity contribution in [2.75, 3.05) is 0 Å². The molecular weight excluding hydrogens is 303 g/mol. The van der Waals surface area contributed by atoms with Gasteiger partial charge < -0.3 is 19.4 Å². The molecule has 21 heavy (non-hydrogen) atoms. The van der Waals surface area contributed by atoms with Gasteiger partial charge in [-0.3, -0.25) is 14.3 Å². The Balaban J connectivity index is 2.22. The molecule has 3 atom stereocenters. The minimum absolute atomic E-state index is 0.288. The molecule has 0 radical (unpaired) electrons. The van der Waals surface area contributed by atoms with Gasteiger partial charge in [-0.15, -0.1) is 4.73 Å². The smallest absolute Gasteiger partial charge is 0.361 e. The number of hydrogen-bond donors (Lipinski definition) is 3. The van der Waals surface area contributed by atoms with Crippen LogP contribution in [0.5, 0.6) is 0 Å². The third kappa shape index (κ3) is 3.51. The average Bonchev–Trinajstić information content (AvgIpc) is 2.36. The molecule has 10 heteroatoms. The molecule has 0 aliphatic carbocycles. The van der Waals surface area contributed by atoms with Gasteiger partial charge in [-0.2, -0.15) is 0 Å². The normalized spacial score (nSPS) is 25.8. The number of nitrogens with one attached hydrogen (secondary N) is 1. The van der Waals surface area contributed by atoms with E-state index in [0.717, 1.165) is 4.73 Å². The third-order valence-electron chi connectivity index (χ3n) is 2.94. The van der Waals surface area contributed by atoms with Gasteiger partial charge in [0.25, 0.3) is 5.56 Å². The first kappa shape index (κ1) is 15.7. The predicted octanol–water partition coefficient (Wildman–Crippen LogP) is -0.879. The van der Waals surface area contributed by atoms with Crippen molar-refractivity contribution in [1.29, 1.82) is 0 Å². The molecule has 0 amide bonds. The maximum Gasteiger partial charge on any atom is 0.361 e. The number of rotatable bonds is 3. The van der Waals surface area contributed by atoms with Crippen molar-refractivity contribution >= 4 is 7.60 Å². The number of H-pyrrole nitrogens is 1. The number of nitrogens with zero attached hydrogens (tertiary/aromatic N) is 1. The highest BCUT2D eigenvalue weighted by molar-refractivity contribution is 7.52. The minimum Gasteiger partial charge on any atom is -0.399 e. The van der Waals surface area contributed by atoms with E-state index in [1.54, 1.807) is 6.92 Å². The van der Waals surface area contributed by atoms with Gasteiger partial charge in [-0.1, -0.05) is 0 Å². The summed E-state index contributed by atoms with van der Waals surface area (Å²) < 4.78 is 17.1. The molecule has 0 aromatic carbocycles. The Bertz CT molecular complexity index is 716. The molecule has 3 N–H and O–H groups in total. The molecule has 0 spiro atoms. The molecule has 9 nitrogen and oxygen atoms in total. The van der Waals surface area contributed by atoms with Crippen molar-refractivity contribution in [3.8, 4) is 0 Å². The van der Waals surface area contributed by atoms with Crippen LogP contribution in [0.15, 0.2) is 27.9 Å². The number of ether oxygens (including phenoxy) is 1. The molecule has 0 unspecified atom stereocenters. The topological polar surface area (TPSA) is 131 Å². The monoisotopic (exact) mass is 318 g/mol. The summed E-state index contributed by atoms with van der Waals surface area (Å²) in [6.07, 6.45) is 2.42. The zero-order chi connectivity index (χ0) is 15.8. The SMILES string of the molecule is Cc1cn(O[C@H]2C=C[C@@H](P(=O)(O)O)O[C@H]2C)c(=O)[nH]c1=O. The van der Waals surface area contributed by atoms with Gasteiger partial charge in [-0.05, 0) is 26.0 Å². The van der Waals surface area contributed by atoms with Gasteiger partial charge in [-0.25, -0.2) is 4.79 Å². The first-order chi connectivity index (χ1) is 9.68. The summed E-state index contributed by atoms with van der Waals surface area (Å²) in [5.41, 5.74) is -0.968. The van der Waals surface area contributed by atoms with Crippen molar-refractivity contribution in [3.63, 3.8) is 0 Å². The highest BCUT2D eigenvalue weighted by Crippen LogP contribution is 2.44. The van der Waals surface area contributed by atoms with E-state index < -0.39 is 36.9 Å². The van der Waals surface area contributed by atoms with E-state index in [9.17, 15) is 14.2 Å². The van der Waals surface area contributed by atoms with Gasteiger partial charge >= 0.3 is 13.3 Å². The molecule has 116 valence electrons. The van der Waals surface area contributed by atoms with Crippen LogP contribution in [-0.4, -0.2) is 37.6 Å². The summed E-state index contributed by atoms with van der Waals surface area (Å²) in [5.74, 6) is -1.33. The second-order valence-electron chi connectivity index (χ2n) is 4.67. The van der Waals surface area contributed by atoms with E-state index >= 15 is 0 Å². The van der Waals surface area contributed by atoms with Crippen LogP contribution < -0.4 is 16.1 Å². The number of aryl methyl sites for hydroxylation is 1. The Hall–Kier alpha value is -1.67. The van der Waals surface area contributed by atoms with Crippen LogP contribution >= 0.6 is 7.60 Å². The highest BCUT2D eigenvalue weighted by atomic mass is 31.2. The van der Waals surface area contributed by atoms with Crippen molar-refractivity contribution in [1.82, 2.24) is 9.71 Å². The van der Waals surface area contributed by atoms with Crippen LogP contribution in [0, 0.1) is 6.92 Å². The second-order valence-corrected chi connectivity index (χ2v) is 6.36. The molecule has 0 fully saturated rings. The fourth-order valence-electron chi connectivity index (χ4n) is 1.77. The van der Waals surface area contributed by atoms with Gasteiger partial charge in [0.15, 0.2) is 11.9 Å². The maximum atomic E-state index is 11.6. The fourth-order valence-corrected chi connectivity index (χ4v) is 2.44. The Kier molecular flexibility index (Phi) is 4.20. The minimum atomic E-state index is -4.39. The Morgan fingerprint density at radius 2 is 2.05 bits per heavy atom. The molecule has 1 aliphatic rings. The van der Waals surface area contributed by atoms with Gasteiger partial charge in [0.2, 0.25) is 0 Å². The van der Waals surface area contributed by atoms with Gasteiger partial charge in [0.05, 0.1) is 12.3 Å². The first-order valence-electron chi connectivity index (χ1n) is 6.07. The molecule has 1 aliphatic heterocycles. The average molecular weight is 318 g/mol. The van der Waals surface area contributed by atoms with Gasteiger partial charge in [0.1, 0.15) is 0 Å². The quantitative estimate of drug-likeness (QED) is 0.487. The van der Waals surface area contributed by atoms with Crippen molar-refractivity contribution < 1.29 is 23.9 Å². The summed E-state index contributed by atoms with van der Waals surface area (Å²) in [5, 5.41) is 0. The first-order valence-corrected chi connectivity index (χ1v) is 7.75. The summed E-state index contributed by atoms with van der Waals surface area (Å²) >= 11 is 0. The molecular formula is C11H15N2O7P. The molecule has 0 bridgehead atoms. The molecule has 2 rings (SSSR count). The van der Waals surface area contributed by atoms with E-state index in [1.807, 2.05) is 0 Å². The largest absolute Gasteiger partial charge is 0.399 e. The summed E-state index contributed by atoms with van der Waals surface area (Å²) in [6.45, 7) is 3.07. The lowest BCUT2D eigenvalue weighted by molar-refractivity contribution is -0.0664. The van der Waals surface area contributed by atoms with Crippen LogP contribution in [0.1, 0.15) is 12.5 Å². The molecule has 0 saturated carbocycles. The van der Waals surface area contributed by atoms with Crippen molar-refractivity contribution in [2.24, 2.45) is 0 Å². The van der Waals surface area contributed by atoms with Gasteiger partial charge in [0, 0.05) is 5.56 Å². The Morgan fingerprint density at radius 3 is 2.62 bits per heavy atom. The van der Waals surface area contributed by atoms with Crippen LogP contribution in [-0.2, 0) is 9.30 Å². The van der Waals surface area contributed by atoms with E-state index in [4.69, 9.17) is 19.4 Å². The molecule has 1 aromatic rings. The van der Waals surface area contributed by atoms with Crippen molar-refractivity contribution in [3.05, 3.63) is 44.8 Å². The summed E-state index contributed by atoms with van der Waals surface area (Å²) in [7, 11) is -4.39. The summed E-state index contributed by atoms with van der Waals surface area (Å²) in [6, 6.07) is 0. The van der Waals surface area contributed by atoms with Crippen LogP contribution in [0.2, 0.25) is 0 Å². The number of hydrogen-bond acceptors (Lipinski definition) is 5.